The van der Waals surface area contributed by atoms with Gasteiger partial charge < -0.3 is 10.1 Å². The molecule has 0 fully saturated rings. The monoisotopic (exact) mass is 332 g/mol. The van der Waals surface area contributed by atoms with E-state index in [9.17, 15) is 0 Å². The van der Waals surface area contributed by atoms with Crippen molar-refractivity contribution in [1.82, 2.24) is 9.97 Å². The lowest BCUT2D eigenvalue weighted by atomic mass is 10.1. The molecule has 1 aliphatic heterocycles. The van der Waals surface area contributed by atoms with E-state index in [4.69, 9.17) is 14.7 Å². The fourth-order valence-electron chi connectivity index (χ4n) is 2.97. The van der Waals surface area contributed by atoms with Gasteiger partial charge in [-0.3, -0.25) is 4.99 Å². The van der Waals surface area contributed by atoms with E-state index in [1.165, 1.54) is 12.0 Å². The van der Waals surface area contributed by atoms with Gasteiger partial charge in [0, 0.05) is 11.8 Å². The quantitative estimate of drug-likeness (QED) is 0.749. The molecular weight excluding hydrogens is 312 g/mol. The number of aromatic nitrogens is 2. The molecule has 126 valence electrons. The Morgan fingerprint density at radius 1 is 0.960 bits per heavy atom. The average molecular weight is 332 g/mol. The summed E-state index contributed by atoms with van der Waals surface area (Å²) in [6.45, 7) is 0.599. The van der Waals surface area contributed by atoms with Crippen LogP contribution in [0.25, 0.3) is 10.9 Å². The summed E-state index contributed by atoms with van der Waals surface area (Å²) in [5.41, 5.74) is 2.30. The summed E-state index contributed by atoms with van der Waals surface area (Å²) >= 11 is 0. The smallest absolute Gasteiger partial charge is 0.192 e. The number of rotatable bonds is 6. The zero-order valence-corrected chi connectivity index (χ0v) is 13.9. The Morgan fingerprint density at radius 3 is 2.64 bits per heavy atom. The minimum absolute atomic E-state index is 0.157. The standard InChI is InChI=1S/C20H20N4O/c1-2-7-15(8-3-1)9-6-12-18-22-17-11-5-4-10-16(17)20(23-18)24-19-13-21-14-25-19/h1-5,7-8,10-11,14,19H,6,9,12-13H2,(H,22,23,24). The van der Waals surface area contributed by atoms with Gasteiger partial charge in [0.05, 0.1) is 12.1 Å². The minimum Gasteiger partial charge on any atom is -0.459 e. The van der Waals surface area contributed by atoms with Crippen LogP contribution >= 0.6 is 0 Å². The van der Waals surface area contributed by atoms with Crippen molar-refractivity contribution in [2.45, 2.75) is 25.5 Å². The summed E-state index contributed by atoms with van der Waals surface area (Å²) in [6, 6.07) is 18.6. The van der Waals surface area contributed by atoms with Crippen LogP contribution in [-0.4, -0.2) is 29.1 Å². The van der Waals surface area contributed by atoms with Gasteiger partial charge in [-0.05, 0) is 30.5 Å². The molecule has 1 aromatic heterocycles. The lowest BCUT2D eigenvalue weighted by molar-refractivity contribution is 0.264. The summed E-state index contributed by atoms with van der Waals surface area (Å²) in [5.74, 6) is 1.67. The van der Waals surface area contributed by atoms with Gasteiger partial charge in [0.2, 0.25) is 0 Å². The molecule has 0 saturated carbocycles. The van der Waals surface area contributed by atoms with Crippen LogP contribution in [0.1, 0.15) is 17.8 Å². The number of ether oxygens (including phenoxy) is 1. The van der Waals surface area contributed by atoms with Gasteiger partial charge in [0.15, 0.2) is 12.6 Å². The van der Waals surface area contributed by atoms with Crippen LogP contribution in [0.2, 0.25) is 0 Å². The zero-order chi connectivity index (χ0) is 16.9. The number of benzene rings is 2. The van der Waals surface area contributed by atoms with Crippen molar-refractivity contribution in [1.29, 1.82) is 0 Å². The normalized spacial score (nSPS) is 16.1. The second-order valence-electron chi connectivity index (χ2n) is 6.08. The third-order valence-corrected chi connectivity index (χ3v) is 4.23. The van der Waals surface area contributed by atoms with E-state index in [-0.39, 0.29) is 6.23 Å². The lowest BCUT2D eigenvalue weighted by Gasteiger charge is -2.15. The first kappa shape index (κ1) is 15.6. The Morgan fingerprint density at radius 2 is 1.80 bits per heavy atom. The summed E-state index contributed by atoms with van der Waals surface area (Å²) < 4.78 is 5.42. The first-order valence-corrected chi connectivity index (χ1v) is 8.58. The van der Waals surface area contributed by atoms with Crippen molar-refractivity contribution in [3.8, 4) is 0 Å². The van der Waals surface area contributed by atoms with Crippen LogP contribution in [0.3, 0.4) is 0 Å². The highest BCUT2D eigenvalue weighted by atomic mass is 16.5. The Labute approximate surface area is 146 Å². The molecule has 0 aliphatic carbocycles. The van der Waals surface area contributed by atoms with E-state index in [1.807, 2.05) is 30.3 Å². The molecule has 0 amide bonds. The van der Waals surface area contributed by atoms with Crippen molar-refractivity contribution in [2.24, 2.45) is 4.99 Å². The fourth-order valence-corrected chi connectivity index (χ4v) is 2.97. The van der Waals surface area contributed by atoms with Gasteiger partial charge in [0.1, 0.15) is 11.6 Å². The molecule has 0 saturated heterocycles. The fraction of sp³-hybridized carbons (Fsp3) is 0.250. The first-order valence-electron chi connectivity index (χ1n) is 8.58. The molecule has 1 atom stereocenters. The van der Waals surface area contributed by atoms with E-state index < -0.39 is 0 Å². The maximum Gasteiger partial charge on any atom is 0.192 e. The number of aliphatic imine (C=N–C) groups is 1. The number of fused-ring (bicyclic) bond motifs is 1. The number of hydrogen-bond acceptors (Lipinski definition) is 5. The maximum absolute atomic E-state index is 5.42. The van der Waals surface area contributed by atoms with Gasteiger partial charge in [-0.2, -0.15) is 0 Å². The molecule has 0 radical (unpaired) electrons. The molecule has 5 nitrogen and oxygen atoms in total. The zero-order valence-electron chi connectivity index (χ0n) is 13.9. The summed E-state index contributed by atoms with van der Waals surface area (Å²) in [6.07, 6.45) is 4.22. The molecule has 25 heavy (non-hydrogen) atoms. The molecule has 1 aliphatic rings. The van der Waals surface area contributed by atoms with Crippen LogP contribution in [0.5, 0.6) is 0 Å². The summed E-state index contributed by atoms with van der Waals surface area (Å²) in [7, 11) is 0. The third-order valence-electron chi connectivity index (χ3n) is 4.23. The molecule has 5 heteroatoms. The van der Waals surface area contributed by atoms with Crippen molar-refractivity contribution >= 4 is 23.1 Å². The number of nitrogens with zero attached hydrogens (tertiary/aromatic N) is 3. The molecule has 1 N–H and O–H groups in total. The predicted molar refractivity (Wildman–Crippen MR) is 99.9 cm³/mol. The van der Waals surface area contributed by atoms with E-state index in [0.29, 0.717) is 6.54 Å². The average Bonchev–Trinajstić information content (AvgIpc) is 3.16. The topological polar surface area (TPSA) is 59.4 Å². The number of nitrogens with one attached hydrogen (secondary N) is 1. The van der Waals surface area contributed by atoms with Gasteiger partial charge in [0.25, 0.3) is 0 Å². The van der Waals surface area contributed by atoms with Crippen molar-refractivity contribution in [3.63, 3.8) is 0 Å². The molecule has 3 aromatic rings. The highest BCUT2D eigenvalue weighted by Gasteiger charge is 2.15. The number of aryl methyl sites for hydroxylation is 2. The number of para-hydroxylation sites is 1. The second-order valence-corrected chi connectivity index (χ2v) is 6.08. The van der Waals surface area contributed by atoms with E-state index in [2.05, 4.69) is 34.6 Å². The molecule has 4 rings (SSSR count). The predicted octanol–water partition coefficient (Wildman–Crippen LogP) is 3.60. The summed E-state index contributed by atoms with van der Waals surface area (Å²) in [4.78, 5) is 13.5. The Bertz CT molecular complexity index is 871. The van der Waals surface area contributed by atoms with Gasteiger partial charge >= 0.3 is 0 Å². The molecule has 2 heterocycles. The van der Waals surface area contributed by atoms with E-state index >= 15 is 0 Å². The molecular formula is C20H20N4O. The largest absolute Gasteiger partial charge is 0.459 e. The van der Waals surface area contributed by atoms with Gasteiger partial charge in [-0.1, -0.05) is 42.5 Å². The van der Waals surface area contributed by atoms with Crippen molar-refractivity contribution < 1.29 is 4.74 Å². The highest BCUT2D eigenvalue weighted by molar-refractivity contribution is 5.89. The number of anilines is 1. The van der Waals surface area contributed by atoms with Crippen molar-refractivity contribution in [2.75, 3.05) is 11.9 Å². The summed E-state index contributed by atoms with van der Waals surface area (Å²) in [5, 5.41) is 4.34. The van der Waals surface area contributed by atoms with Crippen LogP contribution in [-0.2, 0) is 17.6 Å². The lowest BCUT2D eigenvalue weighted by Crippen LogP contribution is -2.23. The Hall–Kier alpha value is -2.95. The van der Waals surface area contributed by atoms with E-state index in [1.54, 1.807) is 0 Å². The van der Waals surface area contributed by atoms with Gasteiger partial charge in [-0.25, -0.2) is 9.97 Å². The van der Waals surface area contributed by atoms with E-state index in [0.717, 1.165) is 41.8 Å². The molecule has 1 unspecified atom stereocenters. The Kier molecular flexibility index (Phi) is 4.55. The van der Waals surface area contributed by atoms with Crippen LogP contribution < -0.4 is 5.32 Å². The Balaban J connectivity index is 1.52. The second kappa shape index (κ2) is 7.30. The van der Waals surface area contributed by atoms with Crippen LogP contribution in [0.15, 0.2) is 59.6 Å². The SMILES string of the molecule is C1=NCC(Nc2nc(CCCc3ccccc3)nc3ccccc23)O1. The molecule has 2 aromatic carbocycles. The number of hydrogen-bond donors (Lipinski definition) is 1. The highest BCUT2D eigenvalue weighted by Crippen LogP contribution is 2.22. The minimum atomic E-state index is -0.157. The van der Waals surface area contributed by atoms with Crippen LogP contribution in [0, 0.1) is 0 Å². The molecule has 0 bridgehead atoms. The van der Waals surface area contributed by atoms with Crippen molar-refractivity contribution in [3.05, 3.63) is 66.0 Å². The van der Waals surface area contributed by atoms with Crippen LogP contribution in [0.4, 0.5) is 5.82 Å². The molecule has 0 spiro atoms. The maximum atomic E-state index is 5.42. The first-order chi connectivity index (χ1) is 12.4. The third kappa shape index (κ3) is 3.76. The van der Waals surface area contributed by atoms with Gasteiger partial charge in [-0.15, -0.1) is 0 Å².